The monoisotopic (exact) mass is 803 g/mol. The van der Waals surface area contributed by atoms with E-state index in [-0.39, 0.29) is 41.7 Å². The van der Waals surface area contributed by atoms with Crippen LogP contribution in [0.15, 0.2) is 47.7 Å². The number of amides is 3. The maximum absolute atomic E-state index is 14.2. The normalized spacial score (nSPS) is 18.5. The van der Waals surface area contributed by atoms with Crippen molar-refractivity contribution in [2.24, 2.45) is 7.05 Å². The van der Waals surface area contributed by atoms with Gasteiger partial charge in [0.2, 0.25) is 11.8 Å². The van der Waals surface area contributed by atoms with Crippen molar-refractivity contribution in [3.8, 4) is 0 Å². The maximum atomic E-state index is 14.2. The number of hydrogen-bond donors (Lipinski definition) is 2. The molecular formula is C39H47F2N11O6. The number of benzene rings is 1. The lowest BCUT2D eigenvalue weighted by Crippen LogP contribution is -2.44. The van der Waals surface area contributed by atoms with E-state index in [9.17, 15) is 28.0 Å². The predicted molar refractivity (Wildman–Crippen MR) is 208 cm³/mol. The Balaban J connectivity index is 0.793. The van der Waals surface area contributed by atoms with Gasteiger partial charge in [-0.3, -0.25) is 33.5 Å². The number of morpholine rings is 1. The molecule has 3 aliphatic rings. The summed E-state index contributed by atoms with van der Waals surface area (Å²) >= 11 is 0. The molecule has 308 valence electrons. The van der Waals surface area contributed by atoms with Crippen molar-refractivity contribution in [3.63, 3.8) is 0 Å². The highest BCUT2D eigenvalue weighted by Gasteiger charge is 2.32. The van der Waals surface area contributed by atoms with Crippen LogP contribution in [0.25, 0.3) is 16.7 Å². The minimum atomic E-state index is -2.87. The first-order chi connectivity index (χ1) is 28.2. The number of likely N-dealkylation sites (tertiary alicyclic amines) is 1. The van der Waals surface area contributed by atoms with Crippen LogP contribution in [0, 0.1) is 0 Å². The topological polar surface area (TPSA) is 175 Å². The quantitative estimate of drug-likeness (QED) is 0.125. The number of nitrogens with zero attached hydrogens (tertiary/aromatic N) is 9. The fraction of sp³-hybridized carbons (Fsp3) is 0.513. The summed E-state index contributed by atoms with van der Waals surface area (Å²) in [5.41, 5.74) is 2.15. The van der Waals surface area contributed by atoms with E-state index >= 15 is 0 Å². The Labute approximate surface area is 331 Å². The minimum absolute atomic E-state index is 0.0328. The third-order valence-electron chi connectivity index (χ3n) is 11.3. The molecule has 3 amide bonds. The average molecular weight is 804 g/mol. The van der Waals surface area contributed by atoms with Crippen molar-refractivity contribution >= 4 is 45.9 Å². The first-order valence-electron chi connectivity index (χ1n) is 19.8. The minimum Gasteiger partial charge on any atom is -0.381 e. The Hall–Kier alpha value is -5.53. The number of piperidine rings is 2. The lowest BCUT2D eigenvalue weighted by atomic mass is 10.0. The summed E-state index contributed by atoms with van der Waals surface area (Å²) in [5, 5.41) is 13.5. The van der Waals surface area contributed by atoms with Gasteiger partial charge in [0.1, 0.15) is 17.4 Å². The summed E-state index contributed by atoms with van der Waals surface area (Å²) in [6.07, 6.45) is 5.93. The first kappa shape index (κ1) is 39.3. The highest BCUT2D eigenvalue weighted by Crippen LogP contribution is 2.31. The first-order valence-corrected chi connectivity index (χ1v) is 19.8. The van der Waals surface area contributed by atoms with Gasteiger partial charge < -0.3 is 24.6 Å². The number of alkyl halides is 2. The number of hydrogen-bond acceptors (Lipinski definition) is 11. The fourth-order valence-corrected chi connectivity index (χ4v) is 8.24. The summed E-state index contributed by atoms with van der Waals surface area (Å²) in [4.78, 5) is 59.9. The van der Waals surface area contributed by atoms with E-state index < -0.39 is 30.0 Å². The Bertz CT molecular complexity index is 2360. The number of anilines is 2. The van der Waals surface area contributed by atoms with E-state index in [1.54, 1.807) is 22.5 Å². The zero-order chi connectivity index (χ0) is 40.3. The predicted octanol–water partition coefficient (Wildman–Crippen LogP) is 3.26. The summed E-state index contributed by atoms with van der Waals surface area (Å²) < 4.78 is 45.8. The van der Waals surface area contributed by atoms with Crippen molar-refractivity contribution in [3.05, 3.63) is 70.2 Å². The van der Waals surface area contributed by atoms with Gasteiger partial charge in [-0.25, -0.2) is 23.1 Å². The van der Waals surface area contributed by atoms with Gasteiger partial charge in [0.05, 0.1) is 42.2 Å². The number of imidazole rings is 1. The zero-order valence-electron chi connectivity index (χ0n) is 32.3. The van der Waals surface area contributed by atoms with Crippen LogP contribution >= 0.6 is 0 Å². The molecule has 3 aliphatic heterocycles. The Morgan fingerprint density at radius 2 is 1.84 bits per heavy atom. The molecule has 17 nitrogen and oxygen atoms in total. The van der Waals surface area contributed by atoms with Crippen LogP contribution in [0.4, 0.5) is 20.3 Å². The molecule has 3 fully saturated rings. The van der Waals surface area contributed by atoms with Crippen molar-refractivity contribution in [1.82, 2.24) is 43.7 Å². The number of aryl methyl sites for hydroxylation is 2. The van der Waals surface area contributed by atoms with E-state index in [4.69, 9.17) is 9.47 Å². The second-order valence-electron chi connectivity index (χ2n) is 15.0. The maximum Gasteiger partial charge on any atom is 0.329 e. The van der Waals surface area contributed by atoms with Crippen LogP contribution < -0.4 is 21.2 Å². The molecule has 7 heterocycles. The van der Waals surface area contributed by atoms with E-state index in [1.807, 2.05) is 24.3 Å². The molecule has 1 atom stereocenters. The lowest BCUT2D eigenvalue weighted by molar-refractivity contribution is -0.135. The number of ether oxygens (including phenoxy) is 2. The molecule has 4 aromatic heterocycles. The van der Waals surface area contributed by atoms with Gasteiger partial charge in [0.25, 0.3) is 12.3 Å². The standard InChI is InChI=1S/C39H47F2N11O6/c1-47-34-25(5-2-7-29(34)52(39(47)56)30-8-9-32(53)45-38(30)55)6-3-19-57-20-4-13-48-14-10-26(11-15-48)51-24-28(33(46-51)35(40)41)43-37(54)27-23-42-50-16-12-31(44-36(27)50)49-17-21-58-22-18-49/h2,5,7,12,16,23-24,26,30,35H,3-4,6,8-11,13-15,17-22H2,1H3,(H,43,54)(H,45,53,55). The van der Waals surface area contributed by atoms with Gasteiger partial charge in [-0.05, 0) is 56.2 Å². The molecule has 0 aliphatic carbocycles. The largest absolute Gasteiger partial charge is 0.381 e. The molecule has 3 saturated heterocycles. The molecule has 1 unspecified atom stereocenters. The number of aromatic nitrogens is 7. The van der Waals surface area contributed by atoms with Crippen LogP contribution in [0.5, 0.6) is 0 Å². The number of para-hydroxylation sites is 1. The van der Waals surface area contributed by atoms with Crippen LogP contribution in [0.2, 0.25) is 0 Å². The van der Waals surface area contributed by atoms with Crippen LogP contribution in [0.3, 0.4) is 0 Å². The molecule has 0 saturated carbocycles. The smallest absolute Gasteiger partial charge is 0.329 e. The molecule has 5 aromatic rings. The van der Waals surface area contributed by atoms with Crippen LogP contribution in [-0.2, 0) is 32.5 Å². The molecule has 1 aromatic carbocycles. The van der Waals surface area contributed by atoms with Gasteiger partial charge in [-0.15, -0.1) is 0 Å². The van der Waals surface area contributed by atoms with Crippen molar-refractivity contribution < 1.29 is 32.6 Å². The molecule has 19 heteroatoms. The number of imide groups is 1. The second kappa shape index (κ2) is 17.1. The van der Waals surface area contributed by atoms with Crippen molar-refractivity contribution in [2.75, 3.05) is 69.4 Å². The molecule has 2 N–H and O–H groups in total. The summed E-state index contributed by atoms with van der Waals surface area (Å²) in [5.74, 6) is -0.685. The summed E-state index contributed by atoms with van der Waals surface area (Å²) in [6.45, 7) is 6.03. The average Bonchev–Trinajstić information content (AvgIpc) is 3.92. The molecule has 0 spiro atoms. The number of carbonyl (C=O) groups is 3. The summed E-state index contributed by atoms with van der Waals surface area (Å²) in [6, 6.07) is 6.71. The second-order valence-corrected chi connectivity index (χ2v) is 15.0. The van der Waals surface area contributed by atoms with Gasteiger partial charge in [-0.2, -0.15) is 10.2 Å². The van der Waals surface area contributed by atoms with Crippen LogP contribution in [-0.4, -0.2) is 115 Å². The lowest BCUT2D eigenvalue weighted by Gasteiger charge is -2.32. The SMILES string of the molecule is Cn1c(=O)n(C2CCC(=O)NC2=O)c2cccc(CCCOCCCN3CCC(n4cc(NC(=O)c5cnn6ccc(N7CCOCC7)nc56)c(C(F)F)n4)CC3)c21. The van der Waals surface area contributed by atoms with Gasteiger partial charge in [-0.1, -0.05) is 12.1 Å². The van der Waals surface area contributed by atoms with Crippen molar-refractivity contribution in [2.45, 2.75) is 63.5 Å². The van der Waals surface area contributed by atoms with Gasteiger partial charge >= 0.3 is 5.69 Å². The van der Waals surface area contributed by atoms with Gasteiger partial charge in [0, 0.05) is 71.8 Å². The number of fused-ring (bicyclic) bond motifs is 2. The van der Waals surface area contributed by atoms with Gasteiger partial charge in [0.15, 0.2) is 11.3 Å². The zero-order valence-corrected chi connectivity index (χ0v) is 32.3. The van der Waals surface area contributed by atoms with E-state index in [1.165, 1.54) is 21.5 Å². The highest BCUT2D eigenvalue weighted by atomic mass is 19.3. The Morgan fingerprint density at radius 3 is 2.62 bits per heavy atom. The number of halogens is 2. The molecular weight excluding hydrogens is 756 g/mol. The third-order valence-corrected chi connectivity index (χ3v) is 11.3. The number of rotatable bonds is 14. The fourth-order valence-electron chi connectivity index (χ4n) is 8.24. The summed E-state index contributed by atoms with van der Waals surface area (Å²) in [7, 11) is 1.70. The van der Waals surface area contributed by atoms with Crippen LogP contribution in [0.1, 0.15) is 78.6 Å². The Morgan fingerprint density at radius 1 is 1.05 bits per heavy atom. The Kier molecular flexibility index (Phi) is 11.6. The van der Waals surface area contributed by atoms with Crippen molar-refractivity contribution in [1.29, 1.82) is 0 Å². The van der Waals surface area contributed by atoms with E-state index in [0.717, 1.165) is 56.4 Å². The van der Waals surface area contributed by atoms with E-state index in [0.29, 0.717) is 62.9 Å². The molecule has 0 bridgehead atoms. The number of nitrogens with one attached hydrogen (secondary N) is 2. The highest BCUT2D eigenvalue weighted by molar-refractivity contribution is 6.08. The third kappa shape index (κ3) is 8.10. The number of carbonyl (C=O) groups excluding carboxylic acids is 3. The molecule has 8 rings (SSSR count). The van der Waals surface area contributed by atoms with E-state index in [2.05, 4.69) is 35.6 Å². The molecule has 0 radical (unpaired) electrons. The molecule has 58 heavy (non-hydrogen) atoms.